The summed E-state index contributed by atoms with van der Waals surface area (Å²) in [6, 6.07) is 8.56. The minimum atomic E-state index is -0.310. The fourth-order valence-corrected chi connectivity index (χ4v) is 6.17. The first-order chi connectivity index (χ1) is 18.3. The number of nitriles is 1. The van der Waals surface area contributed by atoms with E-state index in [0.29, 0.717) is 59.6 Å². The number of thiocarbonyl (C=S) groups is 1. The zero-order chi connectivity index (χ0) is 27.4. The Kier molecular flexibility index (Phi) is 8.90. The fraction of sp³-hybridized carbons (Fsp3) is 0.429. The van der Waals surface area contributed by atoms with Crippen LogP contribution in [0.5, 0.6) is 0 Å². The predicted octanol–water partition coefficient (Wildman–Crippen LogP) is 4.91. The molecule has 1 aromatic carbocycles. The highest BCUT2D eigenvalue weighted by Crippen LogP contribution is 2.36. The smallest absolute Gasteiger partial charge is 0.270 e. The Labute approximate surface area is 232 Å². The van der Waals surface area contributed by atoms with Gasteiger partial charge in [-0.1, -0.05) is 44.2 Å². The van der Waals surface area contributed by atoms with Gasteiger partial charge in [0.05, 0.1) is 4.91 Å². The van der Waals surface area contributed by atoms with Gasteiger partial charge >= 0.3 is 0 Å². The van der Waals surface area contributed by atoms with Crippen LogP contribution in [0.25, 0.3) is 6.08 Å². The summed E-state index contributed by atoms with van der Waals surface area (Å²) in [7, 11) is 0. The Hall–Kier alpha value is -3.16. The Morgan fingerprint density at radius 2 is 1.71 bits per heavy atom. The third-order valence-corrected chi connectivity index (χ3v) is 8.33. The van der Waals surface area contributed by atoms with Gasteiger partial charge in [-0.15, -0.1) is 0 Å². The molecular formula is C28H32FN5O2S2. The zero-order valence-electron chi connectivity index (χ0n) is 22.0. The van der Waals surface area contributed by atoms with E-state index in [1.807, 2.05) is 13.0 Å². The molecule has 1 aromatic heterocycles. The molecule has 0 saturated carbocycles. The number of amides is 1. The third kappa shape index (κ3) is 5.49. The van der Waals surface area contributed by atoms with E-state index in [0.717, 1.165) is 30.8 Å². The number of unbranched alkanes of at least 4 members (excludes halogenated alkanes) is 1. The van der Waals surface area contributed by atoms with Crippen molar-refractivity contribution in [2.75, 3.05) is 42.5 Å². The van der Waals surface area contributed by atoms with Crippen LogP contribution in [0.4, 0.5) is 15.9 Å². The number of rotatable bonds is 8. The molecule has 0 bridgehead atoms. The number of hydrogen-bond acceptors (Lipinski definition) is 7. The number of pyridine rings is 1. The van der Waals surface area contributed by atoms with Gasteiger partial charge in [-0.05, 0) is 55.7 Å². The molecule has 0 radical (unpaired) electrons. The maximum absolute atomic E-state index is 13.4. The Balaban J connectivity index is 1.76. The number of carbonyl (C=O) groups is 1. The second-order valence-electron chi connectivity index (χ2n) is 9.44. The van der Waals surface area contributed by atoms with Gasteiger partial charge in [-0.3, -0.25) is 19.1 Å². The minimum Gasteiger partial charge on any atom is -0.368 e. The summed E-state index contributed by atoms with van der Waals surface area (Å²) in [5, 5.41) is 9.86. The van der Waals surface area contributed by atoms with Gasteiger partial charge in [0, 0.05) is 50.5 Å². The van der Waals surface area contributed by atoms with Crippen molar-refractivity contribution < 1.29 is 9.18 Å². The highest BCUT2D eigenvalue weighted by Gasteiger charge is 2.33. The lowest BCUT2D eigenvalue weighted by Crippen LogP contribution is -2.48. The average Bonchev–Trinajstić information content (AvgIpc) is 3.18. The molecule has 0 aliphatic carbocycles. The maximum atomic E-state index is 13.4. The monoisotopic (exact) mass is 553 g/mol. The quantitative estimate of drug-likeness (QED) is 0.340. The van der Waals surface area contributed by atoms with Crippen LogP contribution in [0.2, 0.25) is 0 Å². The molecule has 2 aliphatic rings. The van der Waals surface area contributed by atoms with Crippen molar-refractivity contribution in [3.05, 3.63) is 62.0 Å². The van der Waals surface area contributed by atoms with E-state index >= 15 is 0 Å². The fourth-order valence-electron chi connectivity index (χ4n) is 4.88. The number of aromatic nitrogens is 1. The van der Waals surface area contributed by atoms with Crippen LogP contribution in [-0.4, -0.2) is 52.4 Å². The van der Waals surface area contributed by atoms with Crippen LogP contribution in [-0.2, 0) is 11.3 Å². The number of nitrogens with zero attached hydrogens (tertiary/aromatic N) is 5. The van der Waals surface area contributed by atoms with Crippen molar-refractivity contribution in [1.29, 1.82) is 5.26 Å². The van der Waals surface area contributed by atoms with Gasteiger partial charge in [0.2, 0.25) is 0 Å². The largest absolute Gasteiger partial charge is 0.368 e. The van der Waals surface area contributed by atoms with Crippen molar-refractivity contribution >= 4 is 51.8 Å². The molecule has 1 amide bonds. The lowest BCUT2D eigenvalue weighted by atomic mass is 10.0. The van der Waals surface area contributed by atoms with Gasteiger partial charge in [0.1, 0.15) is 27.6 Å². The van der Waals surface area contributed by atoms with Crippen LogP contribution in [0.15, 0.2) is 34.0 Å². The topological polar surface area (TPSA) is 72.6 Å². The Morgan fingerprint density at radius 1 is 1.05 bits per heavy atom. The van der Waals surface area contributed by atoms with Crippen LogP contribution >= 0.6 is 24.0 Å². The molecule has 3 heterocycles. The number of benzene rings is 1. The summed E-state index contributed by atoms with van der Waals surface area (Å²) in [5.41, 5.74) is 2.01. The maximum Gasteiger partial charge on any atom is 0.270 e. The van der Waals surface area contributed by atoms with Gasteiger partial charge < -0.3 is 9.80 Å². The van der Waals surface area contributed by atoms with E-state index in [1.165, 1.54) is 23.9 Å². The lowest BCUT2D eigenvalue weighted by molar-refractivity contribution is -0.122. The highest BCUT2D eigenvalue weighted by molar-refractivity contribution is 8.26. The first-order valence-electron chi connectivity index (χ1n) is 13.0. The minimum absolute atomic E-state index is 0.0971. The molecule has 2 fully saturated rings. The van der Waals surface area contributed by atoms with E-state index in [1.54, 1.807) is 28.5 Å². The molecule has 38 heavy (non-hydrogen) atoms. The van der Waals surface area contributed by atoms with E-state index in [-0.39, 0.29) is 22.8 Å². The van der Waals surface area contributed by atoms with Gasteiger partial charge in [-0.25, -0.2) is 4.39 Å². The normalized spacial score (nSPS) is 17.0. The SMILES string of the molecule is CCCCN1C(=O)/C(=C\c2c(C)c(C#N)c(=O)n(CCC)c2N2CCN(c3ccc(F)cc3)CC2)SC1=S. The molecule has 0 unspecified atom stereocenters. The summed E-state index contributed by atoms with van der Waals surface area (Å²) in [6.45, 7) is 9.50. The van der Waals surface area contributed by atoms with E-state index in [4.69, 9.17) is 12.2 Å². The zero-order valence-corrected chi connectivity index (χ0v) is 23.6. The molecule has 2 aromatic rings. The molecule has 0 spiro atoms. The number of thioether (sulfide) groups is 1. The molecule has 2 saturated heterocycles. The number of anilines is 2. The van der Waals surface area contributed by atoms with Crippen molar-refractivity contribution in [3.63, 3.8) is 0 Å². The van der Waals surface area contributed by atoms with Crippen molar-refractivity contribution in [2.45, 2.75) is 46.6 Å². The van der Waals surface area contributed by atoms with Crippen LogP contribution in [0.1, 0.15) is 49.8 Å². The van der Waals surface area contributed by atoms with E-state index in [9.17, 15) is 19.2 Å². The lowest BCUT2D eigenvalue weighted by Gasteiger charge is -2.39. The van der Waals surface area contributed by atoms with Crippen LogP contribution in [0, 0.1) is 24.1 Å². The summed E-state index contributed by atoms with van der Waals surface area (Å²) >= 11 is 6.77. The standard InChI is InChI=1S/C28H32FN5O2S2/c1-4-6-12-34-27(36)24(38-28(34)37)17-22-19(3)23(18-30)26(35)33(11-5-2)25(22)32-15-13-31(14-16-32)21-9-7-20(29)8-10-21/h7-10,17H,4-6,11-16H2,1-3H3/b24-17+. The first kappa shape index (κ1) is 27.9. The van der Waals surface area contributed by atoms with Crippen molar-refractivity contribution in [1.82, 2.24) is 9.47 Å². The van der Waals surface area contributed by atoms with Crippen molar-refractivity contribution in [3.8, 4) is 6.07 Å². The van der Waals surface area contributed by atoms with Crippen LogP contribution < -0.4 is 15.4 Å². The van der Waals surface area contributed by atoms with Gasteiger partial charge in [0.25, 0.3) is 11.5 Å². The molecule has 2 aliphatic heterocycles. The molecule has 10 heteroatoms. The average molecular weight is 554 g/mol. The molecule has 0 atom stereocenters. The van der Waals surface area contributed by atoms with Gasteiger partial charge in [-0.2, -0.15) is 5.26 Å². The molecule has 4 rings (SSSR count). The number of hydrogen-bond donors (Lipinski definition) is 0. The van der Waals surface area contributed by atoms with E-state index < -0.39 is 0 Å². The number of piperazine rings is 1. The summed E-state index contributed by atoms with van der Waals surface area (Å²) < 4.78 is 15.6. The van der Waals surface area contributed by atoms with Crippen molar-refractivity contribution in [2.24, 2.45) is 0 Å². The molecule has 200 valence electrons. The Bertz CT molecular complexity index is 1360. The predicted molar refractivity (Wildman–Crippen MR) is 156 cm³/mol. The second kappa shape index (κ2) is 12.1. The molecule has 0 N–H and O–H groups in total. The summed E-state index contributed by atoms with van der Waals surface area (Å²) in [4.78, 5) is 33.2. The van der Waals surface area contributed by atoms with Gasteiger partial charge in [0.15, 0.2) is 0 Å². The third-order valence-electron chi connectivity index (χ3n) is 6.95. The second-order valence-corrected chi connectivity index (χ2v) is 11.1. The number of carbonyl (C=O) groups excluding carboxylic acids is 1. The molecular weight excluding hydrogens is 521 g/mol. The van der Waals surface area contributed by atoms with Crippen LogP contribution in [0.3, 0.4) is 0 Å². The highest BCUT2D eigenvalue weighted by atomic mass is 32.2. The first-order valence-corrected chi connectivity index (χ1v) is 14.2. The Morgan fingerprint density at radius 3 is 2.32 bits per heavy atom. The summed E-state index contributed by atoms with van der Waals surface area (Å²) in [6.07, 6.45) is 4.35. The summed E-state index contributed by atoms with van der Waals surface area (Å²) in [5.74, 6) is 0.325. The number of halogens is 1. The molecule has 7 nitrogen and oxygen atoms in total. The van der Waals surface area contributed by atoms with E-state index in [2.05, 4.69) is 22.8 Å².